The van der Waals surface area contributed by atoms with E-state index in [0.717, 1.165) is 33.2 Å². The Hall–Kier alpha value is -2.39. The number of rotatable bonds is 2. The van der Waals surface area contributed by atoms with Gasteiger partial charge in [0.15, 0.2) is 0 Å². The van der Waals surface area contributed by atoms with Crippen LogP contribution < -0.4 is 5.19 Å². The van der Waals surface area contributed by atoms with Gasteiger partial charge in [-0.15, -0.1) is 0 Å². The van der Waals surface area contributed by atoms with E-state index in [1.807, 2.05) is 30.5 Å². The Morgan fingerprint density at radius 2 is 1.61 bits per heavy atom. The number of hydrogen-bond donors (Lipinski definition) is 0. The number of benzene rings is 2. The summed E-state index contributed by atoms with van der Waals surface area (Å²) in [6, 6.07) is 18.9. The predicted molar refractivity (Wildman–Crippen MR) is 99.9 cm³/mol. The Morgan fingerprint density at radius 1 is 0.826 bits per heavy atom. The smallest absolute Gasteiger partial charge is 0.135 e. The largest absolute Gasteiger partial charge is 0.456 e. The summed E-state index contributed by atoms with van der Waals surface area (Å²) in [6.07, 6.45) is 1.93. The number of aromatic nitrogens is 1. The van der Waals surface area contributed by atoms with E-state index in [4.69, 9.17) is 4.42 Å². The van der Waals surface area contributed by atoms with Gasteiger partial charge in [-0.2, -0.15) is 0 Å². The first kappa shape index (κ1) is 14.2. The molecule has 114 valence electrons. The van der Waals surface area contributed by atoms with Gasteiger partial charge in [-0.25, -0.2) is 0 Å². The van der Waals surface area contributed by atoms with E-state index in [1.165, 1.54) is 5.19 Å². The number of fused-ring (bicyclic) bond motifs is 3. The van der Waals surface area contributed by atoms with E-state index in [2.05, 4.69) is 55.0 Å². The average Bonchev–Trinajstić information content (AvgIpc) is 2.92. The summed E-state index contributed by atoms with van der Waals surface area (Å²) in [4.78, 5) is 4.59. The molecule has 3 heteroatoms. The van der Waals surface area contributed by atoms with Crippen LogP contribution in [-0.2, 0) is 0 Å². The monoisotopic (exact) mass is 317 g/mol. The van der Waals surface area contributed by atoms with Crippen LogP contribution in [0.3, 0.4) is 0 Å². The van der Waals surface area contributed by atoms with Gasteiger partial charge >= 0.3 is 0 Å². The van der Waals surface area contributed by atoms with Crippen molar-refractivity contribution in [3.8, 4) is 11.3 Å². The van der Waals surface area contributed by atoms with Crippen LogP contribution in [0.25, 0.3) is 33.2 Å². The highest BCUT2D eigenvalue weighted by Gasteiger charge is 2.17. The second-order valence-corrected chi connectivity index (χ2v) is 12.1. The Kier molecular flexibility index (Phi) is 3.13. The molecule has 0 bridgehead atoms. The maximum absolute atomic E-state index is 5.91. The summed E-state index contributed by atoms with van der Waals surface area (Å²) in [6.45, 7) is 7.08. The SMILES string of the molecule is C[Si](C)(C)c1ccnc(-c2ccc3oc4ccccc4c3c2)c1. The van der Waals surface area contributed by atoms with Crippen molar-refractivity contribution in [1.82, 2.24) is 4.98 Å². The minimum absolute atomic E-state index is 0.927. The molecule has 0 atom stereocenters. The van der Waals surface area contributed by atoms with Crippen LogP contribution in [0.5, 0.6) is 0 Å². The topological polar surface area (TPSA) is 26.0 Å². The first-order valence-electron chi connectivity index (χ1n) is 7.90. The zero-order chi connectivity index (χ0) is 16.0. The molecule has 0 aliphatic rings. The molecule has 0 amide bonds. The molecule has 2 aromatic carbocycles. The molecule has 0 aliphatic heterocycles. The van der Waals surface area contributed by atoms with Crippen molar-refractivity contribution in [3.05, 3.63) is 60.8 Å². The minimum atomic E-state index is -1.34. The maximum Gasteiger partial charge on any atom is 0.135 e. The Bertz CT molecular complexity index is 1010. The predicted octanol–water partition coefficient (Wildman–Crippen LogP) is 5.19. The van der Waals surface area contributed by atoms with E-state index < -0.39 is 8.07 Å². The van der Waals surface area contributed by atoms with Gasteiger partial charge in [0.05, 0.1) is 13.8 Å². The van der Waals surface area contributed by atoms with Crippen LogP contribution >= 0.6 is 0 Å². The van der Waals surface area contributed by atoms with Gasteiger partial charge in [-0.1, -0.05) is 43.0 Å². The molecular formula is C20H19NOSi. The number of pyridine rings is 1. The van der Waals surface area contributed by atoms with Crippen LogP contribution in [-0.4, -0.2) is 13.1 Å². The number of para-hydroxylation sites is 1. The highest BCUT2D eigenvalue weighted by molar-refractivity contribution is 6.88. The van der Waals surface area contributed by atoms with Crippen LogP contribution in [0.15, 0.2) is 65.2 Å². The van der Waals surface area contributed by atoms with Gasteiger partial charge in [0, 0.05) is 22.5 Å². The Labute approximate surface area is 136 Å². The van der Waals surface area contributed by atoms with E-state index in [0.29, 0.717) is 0 Å². The van der Waals surface area contributed by atoms with Crippen LogP contribution in [0.4, 0.5) is 0 Å². The lowest BCUT2D eigenvalue weighted by atomic mass is 10.1. The average molecular weight is 317 g/mol. The third-order valence-electron chi connectivity index (χ3n) is 4.30. The molecule has 2 aromatic heterocycles. The van der Waals surface area contributed by atoms with Crippen LogP contribution in [0.2, 0.25) is 19.6 Å². The molecule has 2 nitrogen and oxygen atoms in total. The summed E-state index contributed by atoms with van der Waals surface area (Å²) in [5.74, 6) is 0. The minimum Gasteiger partial charge on any atom is -0.456 e. The molecule has 4 rings (SSSR count). The highest BCUT2D eigenvalue weighted by atomic mass is 28.3. The fourth-order valence-corrected chi connectivity index (χ4v) is 4.08. The highest BCUT2D eigenvalue weighted by Crippen LogP contribution is 2.31. The van der Waals surface area contributed by atoms with Crippen LogP contribution in [0.1, 0.15) is 0 Å². The number of hydrogen-bond acceptors (Lipinski definition) is 2. The number of furan rings is 1. The first-order chi connectivity index (χ1) is 11.0. The standard InChI is InChI=1S/C20H19NOSi/c1-23(2,3)15-10-11-21-18(13-15)14-8-9-20-17(12-14)16-6-4-5-7-19(16)22-20/h4-13H,1-3H3. The van der Waals surface area contributed by atoms with E-state index in [9.17, 15) is 0 Å². The molecule has 0 unspecified atom stereocenters. The van der Waals surface area contributed by atoms with Gasteiger partial charge < -0.3 is 4.42 Å². The first-order valence-corrected chi connectivity index (χ1v) is 11.4. The second-order valence-electron chi connectivity index (χ2n) is 6.99. The molecule has 0 saturated heterocycles. The molecule has 4 aromatic rings. The molecule has 0 N–H and O–H groups in total. The molecule has 0 fully saturated rings. The fraction of sp³-hybridized carbons (Fsp3) is 0.150. The lowest BCUT2D eigenvalue weighted by molar-refractivity contribution is 0.669. The van der Waals surface area contributed by atoms with Crippen LogP contribution in [0, 0.1) is 0 Å². The van der Waals surface area contributed by atoms with E-state index >= 15 is 0 Å². The normalized spacial score (nSPS) is 12.1. The summed E-state index contributed by atoms with van der Waals surface area (Å²) in [7, 11) is -1.34. The van der Waals surface area contributed by atoms with Gasteiger partial charge in [-0.05, 0) is 36.4 Å². The molecule has 0 saturated carbocycles. The van der Waals surface area contributed by atoms with Crippen molar-refractivity contribution < 1.29 is 4.42 Å². The van der Waals surface area contributed by atoms with E-state index in [1.54, 1.807) is 0 Å². The van der Waals surface area contributed by atoms with Gasteiger partial charge in [0.1, 0.15) is 11.2 Å². The number of nitrogens with zero attached hydrogens (tertiary/aromatic N) is 1. The van der Waals surface area contributed by atoms with E-state index in [-0.39, 0.29) is 0 Å². The molecule has 2 heterocycles. The third kappa shape index (κ3) is 2.47. The lowest BCUT2D eigenvalue weighted by Crippen LogP contribution is -2.37. The zero-order valence-electron chi connectivity index (χ0n) is 13.6. The summed E-state index contributed by atoms with van der Waals surface area (Å²) in [5.41, 5.74) is 4.04. The third-order valence-corrected chi connectivity index (χ3v) is 6.34. The summed E-state index contributed by atoms with van der Waals surface area (Å²) < 4.78 is 5.91. The lowest BCUT2D eigenvalue weighted by Gasteiger charge is -2.17. The molecule has 0 spiro atoms. The molecule has 23 heavy (non-hydrogen) atoms. The van der Waals surface area contributed by atoms with Crippen molar-refractivity contribution in [2.45, 2.75) is 19.6 Å². The van der Waals surface area contributed by atoms with Gasteiger partial charge in [0.2, 0.25) is 0 Å². The van der Waals surface area contributed by atoms with Crippen molar-refractivity contribution in [1.29, 1.82) is 0 Å². The van der Waals surface area contributed by atoms with Crippen molar-refractivity contribution in [2.75, 3.05) is 0 Å². The van der Waals surface area contributed by atoms with Crippen molar-refractivity contribution in [3.63, 3.8) is 0 Å². The van der Waals surface area contributed by atoms with Crippen molar-refractivity contribution >= 4 is 35.2 Å². The van der Waals surface area contributed by atoms with Gasteiger partial charge in [0.25, 0.3) is 0 Å². The maximum atomic E-state index is 5.91. The second kappa shape index (κ2) is 5.07. The Morgan fingerprint density at radius 3 is 2.43 bits per heavy atom. The zero-order valence-corrected chi connectivity index (χ0v) is 14.6. The molecule has 0 radical (unpaired) electrons. The summed E-state index contributed by atoms with van der Waals surface area (Å²) >= 11 is 0. The Balaban J connectivity index is 1.91. The summed E-state index contributed by atoms with van der Waals surface area (Å²) in [5, 5.41) is 3.74. The van der Waals surface area contributed by atoms with Gasteiger partial charge in [-0.3, -0.25) is 4.98 Å². The molecule has 0 aliphatic carbocycles. The van der Waals surface area contributed by atoms with Crippen molar-refractivity contribution in [2.24, 2.45) is 0 Å². The molecular weight excluding hydrogens is 298 g/mol. The quantitative estimate of drug-likeness (QED) is 0.475. The fourth-order valence-electron chi connectivity index (χ4n) is 2.94.